The van der Waals surface area contributed by atoms with Crippen molar-refractivity contribution < 1.29 is 41.7 Å². The Morgan fingerprint density at radius 2 is 1.77 bits per heavy atom. The number of nitrogens with zero attached hydrogens (tertiary/aromatic N) is 6. The highest BCUT2D eigenvalue weighted by Crippen LogP contribution is 2.45. The normalized spacial score (nSPS) is 23.6. The van der Waals surface area contributed by atoms with Gasteiger partial charge in [-0.05, 0) is 94.0 Å². The van der Waals surface area contributed by atoms with Gasteiger partial charge in [0.25, 0.3) is 0 Å². The lowest BCUT2D eigenvalue weighted by molar-refractivity contribution is 0.0122. The van der Waals surface area contributed by atoms with Crippen LogP contribution in [0.2, 0.25) is 0 Å². The molecule has 0 aliphatic carbocycles. The first kappa shape index (κ1) is 38.3. The quantitative estimate of drug-likeness (QED) is 0.152. The maximum atomic E-state index is 17.6. The van der Waals surface area contributed by atoms with E-state index in [1.807, 2.05) is 37.5 Å². The second-order valence-corrected chi connectivity index (χ2v) is 16.4. The van der Waals surface area contributed by atoms with Crippen LogP contribution < -0.4 is 19.1 Å². The lowest BCUT2D eigenvalue weighted by Gasteiger charge is -2.42. The van der Waals surface area contributed by atoms with Crippen molar-refractivity contribution in [2.75, 3.05) is 58.7 Å². The lowest BCUT2D eigenvalue weighted by Crippen LogP contribution is -2.57. The molecule has 300 valence electrons. The molecule has 12 nitrogen and oxygen atoms in total. The standard InChI is InChI=1S/C41H49F3N6O6/c1-7-28-30(43)12-9-23-15-27(55-22-52-5)16-29(31(23)28)34-33(44)35-32(37(45-34)53-6)36(47-38(46-35)54-21-41-13-8-14-49(41)18-24(42)17-41)48-19-25-10-11-26(20-48)50(25)39(51)56-40(2,3)4/h9,12,15-16,24-26H,7-8,10-11,13-14,17-22H2,1-6H3/t24-,25-,26+,41+/m1/s1. The van der Waals surface area contributed by atoms with Crippen LogP contribution in [0.25, 0.3) is 32.9 Å². The van der Waals surface area contributed by atoms with E-state index < -0.39 is 28.9 Å². The molecule has 4 aliphatic heterocycles. The van der Waals surface area contributed by atoms with Crippen LogP contribution in [0.1, 0.15) is 65.4 Å². The Labute approximate surface area is 324 Å². The summed E-state index contributed by atoms with van der Waals surface area (Å²) in [6.45, 7) is 9.33. The molecule has 0 N–H and O–H groups in total. The zero-order valence-electron chi connectivity index (χ0n) is 32.8. The molecular weight excluding hydrogens is 729 g/mol. The third kappa shape index (κ3) is 6.80. The fourth-order valence-corrected chi connectivity index (χ4v) is 9.29. The minimum absolute atomic E-state index is 0.0577. The van der Waals surface area contributed by atoms with Crippen molar-refractivity contribution in [3.63, 3.8) is 0 Å². The molecule has 4 aromatic rings. The maximum Gasteiger partial charge on any atom is 0.410 e. The number of ether oxygens (including phenoxy) is 5. The van der Waals surface area contributed by atoms with Crippen LogP contribution in [0.15, 0.2) is 24.3 Å². The van der Waals surface area contributed by atoms with Crippen LogP contribution in [0.5, 0.6) is 17.6 Å². The van der Waals surface area contributed by atoms with E-state index in [0.29, 0.717) is 60.4 Å². The third-order valence-corrected chi connectivity index (χ3v) is 11.6. The minimum atomic E-state index is -0.963. The first-order valence-electron chi connectivity index (χ1n) is 19.4. The van der Waals surface area contributed by atoms with Gasteiger partial charge in [0.15, 0.2) is 12.6 Å². The van der Waals surface area contributed by atoms with Crippen molar-refractivity contribution in [1.82, 2.24) is 24.8 Å². The number of carbonyl (C=O) groups is 1. The number of aryl methyl sites for hydroxylation is 1. The molecular formula is C41H49F3N6O6. The van der Waals surface area contributed by atoms with Gasteiger partial charge in [0.05, 0.1) is 24.7 Å². The average Bonchev–Trinajstić information content (AvgIpc) is 3.78. The van der Waals surface area contributed by atoms with Crippen molar-refractivity contribution in [3.8, 4) is 28.9 Å². The van der Waals surface area contributed by atoms with Crippen LogP contribution in [0.3, 0.4) is 0 Å². The fourth-order valence-electron chi connectivity index (χ4n) is 9.29. The van der Waals surface area contributed by atoms with Gasteiger partial charge in [0.2, 0.25) is 5.88 Å². The van der Waals surface area contributed by atoms with E-state index in [1.165, 1.54) is 20.3 Å². The lowest BCUT2D eigenvalue weighted by atomic mass is 9.94. The molecule has 0 unspecified atom stereocenters. The van der Waals surface area contributed by atoms with Crippen molar-refractivity contribution in [1.29, 1.82) is 0 Å². The van der Waals surface area contributed by atoms with Crippen molar-refractivity contribution >= 4 is 33.6 Å². The van der Waals surface area contributed by atoms with Crippen LogP contribution in [0, 0.1) is 11.6 Å². The molecule has 8 rings (SSSR count). The summed E-state index contributed by atoms with van der Waals surface area (Å²) in [5.74, 6) is -0.437. The molecule has 6 heterocycles. The van der Waals surface area contributed by atoms with Gasteiger partial charge in [-0.1, -0.05) is 13.0 Å². The van der Waals surface area contributed by atoms with Gasteiger partial charge in [-0.2, -0.15) is 9.97 Å². The number of alkyl halides is 1. The Balaban J connectivity index is 1.28. The van der Waals surface area contributed by atoms with Crippen LogP contribution >= 0.6 is 0 Å². The number of aromatic nitrogens is 3. The number of piperazine rings is 1. The van der Waals surface area contributed by atoms with Gasteiger partial charge in [0.1, 0.15) is 52.4 Å². The molecule has 4 aliphatic rings. The number of halogens is 3. The predicted molar refractivity (Wildman–Crippen MR) is 204 cm³/mol. The SMILES string of the molecule is CCc1c(F)ccc2cc(OCOC)cc(-c3nc(OC)c4c(N5C[C@H]6CC[C@@H](C5)N6C(=O)OC(C)(C)C)nc(OC[C@@]56CCCN5C[C@H](F)C6)nc4c3F)c12. The number of carbonyl (C=O) groups excluding carboxylic acids is 1. The average molecular weight is 779 g/mol. The molecule has 15 heteroatoms. The topological polar surface area (TPSA) is 112 Å². The minimum Gasteiger partial charge on any atom is -0.480 e. The number of fused-ring (bicyclic) bond motifs is 5. The van der Waals surface area contributed by atoms with E-state index in [-0.39, 0.29) is 65.6 Å². The zero-order valence-corrected chi connectivity index (χ0v) is 32.8. The maximum absolute atomic E-state index is 17.6. The largest absolute Gasteiger partial charge is 0.480 e. The smallest absolute Gasteiger partial charge is 0.410 e. The number of amides is 1. The Hall–Kier alpha value is -4.63. The van der Waals surface area contributed by atoms with Crippen LogP contribution in [-0.2, 0) is 15.9 Å². The van der Waals surface area contributed by atoms with E-state index in [9.17, 15) is 9.18 Å². The monoisotopic (exact) mass is 778 g/mol. The Kier molecular flexibility index (Phi) is 10.0. The number of pyridine rings is 1. The van der Waals surface area contributed by atoms with Gasteiger partial charge < -0.3 is 28.6 Å². The fraction of sp³-hybridized carbons (Fsp3) is 0.561. The molecule has 56 heavy (non-hydrogen) atoms. The molecule has 0 saturated carbocycles. The second-order valence-electron chi connectivity index (χ2n) is 16.4. The molecule has 4 atom stereocenters. The van der Waals surface area contributed by atoms with Crippen molar-refractivity contribution in [3.05, 3.63) is 41.5 Å². The summed E-state index contributed by atoms with van der Waals surface area (Å²) in [5.41, 5.74) is -0.700. The number of rotatable bonds is 10. The Morgan fingerprint density at radius 1 is 1.00 bits per heavy atom. The molecule has 4 fully saturated rings. The van der Waals surface area contributed by atoms with Crippen LogP contribution in [-0.4, -0.2) is 114 Å². The zero-order chi connectivity index (χ0) is 39.5. The van der Waals surface area contributed by atoms with Gasteiger partial charge >= 0.3 is 12.1 Å². The first-order chi connectivity index (χ1) is 26.8. The number of anilines is 1. The number of hydrogen-bond acceptors (Lipinski definition) is 11. The van der Waals surface area contributed by atoms with Crippen molar-refractivity contribution in [2.45, 2.75) is 95.6 Å². The van der Waals surface area contributed by atoms with Gasteiger partial charge in [-0.25, -0.2) is 22.9 Å². The number of hydrogen-bond donors (Lipinski definition) is 0. The van der Waals surface area contributed by atoms with Gasteiger partial charge in [-0.15, -0.1) is 0 Å². The molecule has 1 amide bonds. The van der Waals surface area contributed by atoms with Gasteiger partial charge in [-0.3, -0.25) is 9.80 Å². The number of benzene rings is 2. The second kappa shape index (κ2) is 14.7. The van der Waals surface area contributed by atoms with Gasteiger partial charge in [0, 0.05) is 38.7 Å². The Bertz CT molecular complexity index is 2150. The molecule has 0 spiro atoms. The highest BCUT2D eigenvalue weighted by Gasteiger charge is 2.50. The van der Waals surface area contributed by atoms with E-state index in [1.54, 1.807) is 18.2 Å². The third-order valence-electron chi connectivity index (χ3n) is 11.6. The summed E-state index contributed by atoms with van der Waals surface area (Å²) in [5, 5.41) is 1.34. The van der Waals surface area contributed by atoms with E-state index in [0.717, 1.165) is 32.2 Å². The van der Waals surface area contributed by atoms with E-state index in [2.05, 4.69) is 9.88 Å². The van der Waals surface area contributed by atoms with Crippen LogP contribution in [0.4, 0.5) is 23.8 Å². The summed E-state index contributed by atoms with van der Waals surface area (Å²) in [6, 6.07) is 5.93. The van der Waals surface area contributed by atoms with Crippen molar-refractivity contribution in [2.24, 2.45) is 0 Å². The molecule has 4 saturated heterocycles. The molecule has 2 aromatic carbocycles. The molecule has 2 aromatic heterocycles. The molecule has 2 bridgehead atoms. The number of methoxy groups -OCH3 is 2. The summed E-state index contributed by atoms with van der Waals surface area (Å²) < 4.78 is 76.7. The highest BCUT2D eigenvalue weighted by atomic mass is 19.1. The first-order valence-corrected chi connectivity index (χ1v) is 19.4. The summed E-state index contributed by atoms with van der Waals surface area (Å²) >= 11 is 0. The Morgan fingerprint density at radius 3 is 2.46 bits per heavy atom. The molecule has 0 radical (unpaired) electrons. The summed E-state index contributed by atoms with van der Waals surface area (Å²) in [6.07, 6.45) is 2.55. The summed E-state index contributed by atoms with van der Waals surface area (Å²) in [4.78, 5) is 33.7. The highest BCUT2D eigenvalue weighted by molar-refractivity contribution is 6.03. The predicted octanol–water partition coefficient (Wildman–Crippen LogP) is 7.22. The summed E-state index contributed by atoms with van der Waals surface area (Å²) in [7, 11) is 2.94. The van der Waals surface area contributed by atoms with E-state index in [4.69, 9.17) is 33.7 Å². The van der Waals surface area contributed by atoms with E-state index >= 15 is 8.78 Å².